The number of hydrogen-bond donors (Lipinski definition) is 7. The summed E-state index contributed by atoms with van der Waals surface area (Å²) in [5.41, 5.74) is 11.8. The molecule has 0 bridgehead atoms. The predicted octanol–water partition coefficient (Wildman–Crippen LogP) is -0.441. The van der Waals surface area contributed by atoms with Crippen LogP contribution in [0.25, 0.3) is 0 Å². The van der Waals surface area contributed by atoms with Gasteiger partial charge < -0.3 is 42.7 Å². The predicted molar refractivity (Wildman–Crippen MR) is 177 cm³/mol. The van der Waals surface area contributed by atoms with E-state index in [9.17, 15) is 38.7 Å². The third-order valence-electron chi connectivity index (χ3n) is 8.36. The lowest BCUT2D eigenvalue weighted by molar-refractivity contribution is -0.143. The molecule has 1 saturated heterocycles. The Morgan fingerprint density at radius 1 is 0.896 bits per heavy atom. The van der Waals surface area contributed by atoms with Gasteiger partial charge in [-0.1, -0.05) is 64.4 Å². The molecule has 48 heavy (non-hydrogen) atoms. The highest BCUT2D eigenvalue weighted by Crippen LogP contribution is 2.21. The quantitative estimate of drug-likeness (QED) is 0.107. The molecule has 2 rings (SSSR count). The molecular formula is C33H51N7O8. The highest BCUT2D eigenvalue weighted by Gasteiger charge is 2.40. The normalized spacial score (nSPS) is 18.1. The lowest BCUT2D eigenvalue weighted by atomic mass is 9.96. The van der Waals surface area contributed by atoms with Crippen LogP contribution in [0.5, 0.6) is 0 Å². The Hall–Kier alpha value is -4.53. The van der Waals surface area contributed by atoms with Crippen LogP contribution in [-0.4, -0.2) is 94.2 Å². The molecule has 0 spiro atoms. The van der Waals surface area contributed by atoms with E-state index in [1.54, 1.807) is 37.3 Å². The highest BCUT2D eigenvalue weighted by atomic mass is 16.4. The first-order valence-corrected chi connectivity index (χ1v) is 16.4. The Morgan fingerprint density at radius 2 is 1.54 bits per heavy atom. The van der Waals surface area contributed by atoms with Gasteiger partial charge in [0, 0.05) is 13.0 Å². The lowest BCUT2D eigenvalue weighted by Crippen LogP contribution is -2.60. The molecular weight excluding hydrogens is 622 g/mol. The number of carbonyl (C=O) groups excluding carboxylic acids is 6. The van der Waals surface area contributed by atoms with Crippen molar-refractivity contribution in [1.82, 2.24) is 26.2 Å². The molecule has 0 saturated carbocycles. The largest absolute Gasteiger partial charge is 0.480 e. The molecule has 15 nitrogen and oxygen atoms in total. The van der Waals surface area contributed by atoms with E-state index in [-0.39, 0.29) is 31.2 Å². The number of carboxylic acid groups (broad SMARTS) is 1. The minimum absolute atomic E-state index is 0.0413. The van der Waals surface area contributed by atoms with E-state index >= 15 is 0 Å². The Kier molecular flexibility index (Phi) is 15.5. The number of carbonyl (C=O) groups is 7. The van der Waals surface area contributed by atoms with Gasteiger partial charge in [-0.05, 0) is 43.6 Å². The van der Waals surface area contributed by atoms with E-state index in [0.29, 0.717) is 19.3 Å². The van der Waals surface area contributed by atoms with Gasteiger partial charge in [0.05, 0.1) is 12.5 Å². The molecule has 1 aliphatic rings. The van der Waals surface area contributed by atoms with Crippen molar-refractivity contribution in [3.63, 3.8) is 0 Å². The van der Waals surface area contributed by atoms with Gasteiger partial charge in [-0.2, -0.15) is 0 Å². The van der Waals surface area contributed by atoms with Crippen LogP contribution in [0.1, 0.15) is 72.3 Å². The fourth-order valence-electron chi connectivity index (χ4n) is 5.43. The van der Waals surface area contributed by atoms with Gasteiger partial charge in [0.1, 0.15) is 30.2 Å². The van der Waals surface area contributed by atoms with Crippen molar-refractivity contribution < 1.29 is 38.7 Å². The summed E-state index contributed by atoms with van der Waals surface area (Å²) in [5, 5.41) is 19.7. The van der Waals surface area contributed by atoms with Crippen molar-refractivity contribution >= 4 is 41.4 Å². The number of hydrogen-bond acceptors (Lipinski definition) is 8. The second kappa shape index (κ2) is 18.7. The number of likely N-dealkylation sites (tertiary alicyclic amines) is 1. The maximum absolute atomic E-state index is 13.9. The number of benzene rings is 1. The minimum atomic E-state index is -1.27. The molecule has 1 aliphatic heterocycles. The Morgan fingerprint density at radius 3 is 2.10 bits per heavy atom. The zero-order chi connectivity index (χ0) is 36.1. The zero-order valence-corrected chi connectivity index (χ0v) is 28.4. The van der Waals surface area contributed by atoms with E-state index in [2.05, 4.69) is 21.3 Å². The van der Waals surface area contributed by atoms with Crippen LogP contribution < -0.4 is 32.7 Å². The summed E-state index contributed by atoms with van der Waals surface area (Å²) < 4.78 is 0. The number of amides is 6. The number of aliphatic carboxylic acids is 1. The van der Waals surface area contributed by atoms with Crippen LogP contribution in [-0.2, 0) is 40.0 Å². The van der Waals surface area contributed by atoms with Gasteiger partial charge >= 0.3 is 5.97 Å². The number of rotatable bonds is 18. The molecule has 0 unspecified atom stereocenters. The first-order valence-electron chi connectivity index (χ1n) is 16.4. The molecule has 15 heteroatoms. The van der Waals surface area contributed by atoms with Gasteiger partial charge in [-0.15, -0.1) is 0 Å². The van der Waals surface area contributed by atoms with E-state index < -0.39 is 84.1 Å². The van der Waals surface area contributed by atoms with Gasteiger partial charge in [-0.25, -0.2) is 0 Å². The summed E-state index contributed by atoms with van der Waals surface area (Å²) in [6.45, 7) is 8.85. The summed E-state index contributed by atoms with van der Waals surface area (Å²) in [6, 6.07) is 2.34. The van der Waals surface area contributed by atoms with E-state index in [1.165, 1.54) is 11.8 Å². The van der Waals surface area contributed by atoms with Crippen LogP contribution in [0.3, 0.4) is 0 Å². The zero-order valence-electron chi connectivity index (χ0n) is 28.4. The highest BCUT2D eigenvalue weighted by molar-refractivity contribution is 5.97. The summed E-state index contributed by atoms with van der Waals surface area (Å²) >= 11 is 0. The number of primary amides is 1. The van der Waals surface area contributed by atoms with E-state index in [1.807, 2.05) is 20.8 Å². The number of carboxylic acids is 1. The topological polar surface area (TPSA) is 243 Å². The molecule has 266 valence electrons. The fourth-order valence-corrected chi connectivity index (χ4v) is 5.43. The van der Waals surface area contributed by atoms with Crippen LogP contribution >= 0.6 is 0 Å². The molecule has 1 aromatic carbocycles. The van der Waals surface area contributed by atoms with E-state index in [0.717, 1.165) is 5.56 Å². The molecule has 0 radical (unpaired) electrons. The molecule has 9 N–H and O–H groups in total. The summed E-state index contributed by atoms with van der Waals surface area (Å²) in [6.07, 6.45) is 1.22. The van der Waals surface area contributed by atoms with Crippen LogP contribution in [0.4, 0.5) is 0 Å². The van der Waals surface area contributed by atoms with Gasteiger partial charge in [0.25, 0.3) is 0 Å². The second-order valence-electron chi connectivity index (χ2n) is 12.8. The van der Waals surface area contributed by atoms with Crippen LogP contribution in [0.2, 0.25) is 0 Å². The van der Waals surface area contributed by atoms with Crippen molar-refractivity contribution in [2.75, 3.05) is 6.54 Å². The smallest absolute Gasteiger partial charge is 0.325 e. The molecule has 1 aromatic rings. The van der Waals surface area contributed by atoms with Crippen molar-refractivity contribution in [1.29, 1.82) is 0 Å². The standard InChI is InChI=1S/C33H51N7O8/c1-6-19(4)27(31(45)36-20(5)33(47)48)39-29(43)23(15-18(2)3)37-30(44)25-13-10-14-40(25)32(46)24(16-21-11-8-7-9-12-21)38-28(42)22(34)17-26(35)41/h7-9,11-12,18-20,22-25,27H,6,10,13-17,34H2,1-5H3,(H2,35,41)(H,36,45)(H,37,44)(H,38,42)(H,39,43)(H,47,48)/t19-,20-,22-,23-,24-,25-,27-/m0/s1. The Balaban J connectivity index is 2.28. The maximum Gasteiger partial charge on any atom is 0.325 e. The van der Waals surface area contributed by atoms with Crippen molar-refractivity contribution in [3.8, 4) is 0 Å². The number of nitrogens with one attached hydrogen (secondary N) is 4. The lowest BCUT2D eigenvalue weighted by Gasteiger charge is -2.31. The van der Waals surface area contributed by atoms with Gasteiger partial charge in [0.15, 0.2) is 0 Å². The van der Waals surface area contributed by atoms with Crippen LogP contribution in [0.15, 0.2) is 30.3 Å². The first-order chi connectivity index (χ1) is 22.5. The molecule has 0 aliphatic carbocycles. The molecule has 1 heterocycles. The molecule has 7 atom stereocenters. The number of nitrogens with zero attached hydrogens (tertiary/aromatic N) is 1. The monoisotopic (exact) mass is 673 g/mol. The second-order valence-corrected chi connectivity index (χ2v) is 12.8. The van der Waals surface area contributed by atoms with Crippen LogP contribution in [0, 0.1) is 11.8 Å². The summed E-state index contributed by atoms with van der Waals surface area (Å²) in [4.78, 5) is 91.1. The third kappa shape index (κ3) is 11.9. The Bertz CT molecular complexity index is 1310. The molecule has 1 fully saturated rings. The fraction of sp³-hybridized carbons (Fsp3) is 0.606. The Labute approximate surface area is 281 Å². The minimum Gasteiger partial charge on any atom is -0.480 e. The average molecular weight is 674 g/mol. The third-order valence-corrected chi connectivity index (χ3v) is 8.36. The average Bonchev–Trinajstić information content (AvgIpc) is 3.52. The number of nitrogens with two attached hydrogens (primary N) is 2. The van der Waals surface area contributed by atoms with Crippen molar-refractivity contribution in [2.24, 2.45) is 23.3 Å². The summed E-state index contributed by atoms with van der Waals surface area (Å²) in [7, 11) is 0. The van der Waals surface area contributed by atoms with E-state index in [4.69, 9.17) is 11.5 Å². The molecule has 0 aromatic heterocycles. The van der Waals surface area contributed by atoms with Crippen molar-refractivity contribution in [3.05, 3.63) is 35.9 Å². The molecule has 6 amide bonds. The summed E-state index contributed by atoms with van der Waals surface area (Å²) in [5.74, 6) is -5.49. The maximum atomic E-state index is 13.9. The first kappa shape index (κ1) is 39.6. The SMILES string of the molecule is CC[C@H](C)[C@H](NC(=O)[C@H](CC(C)C)NC(=O)[C@@H]1CCCN1C(=O)[C@H](Cc1ccccc1)NC(=O)[C@@H](N)CC(N)=O)C(=O)N[C@@H](C)C(=O)O. The van der Waals surface area contributed by atoms with Gasteiger partial charge in [-0.3, -0.25) is 33.6 Å². The van der Waals surface area contributed by atoms with Crippen molar-refractivity contribution in [2.45, 2.75) is 109 Å². The van der Waals surface area contributed by atoms with Gasteiger partial charge in [0.2, 0.25) is 35.4 Å².